The number of carbonyl (C=O) groups excluding carboxylic acids is 2. The fourth-order valence-electron chi connectivity index (χ4n) is 5.03. The molecule has 1 aromatic carbocycles. The van der Waals surface area contributed by atoms with Gasteiger partial charge in [0.1, 0.15) is 0 Å². The summed E-state index contributed by atoms with van der Waals surface area (Å²) in [4.78, 5) is 25.3. The Hall–Kier alpha value is -1.84. The van der Waals surface area contributed by atoms with Gasteiger partial charge in [-0.3, -0.25) is 9.59 Å². The van der Waals surface area contributed by atoms with Crippen molar-refractivity contribution in [3.63, 3.8) is 0 Å². The number of amides is 1. The van der Waals surface area contributed by atoms with Crippen molar-refractivity contribution in [2.24, 2.45) is 11.3 Å². The lowest BCUT2D eigenvalue weighted by atomic mass is 9.53. The molecule has 1 heterocycles. The molecule has 1 fully saturated rings. The van der Waals surface area contributed by atoms with E-state index in [1.165, 1.54) is 12.7 Å². The predicted molar refractivity (Wildman–Crippen MR) is 98.6 cm³/mol. The second kappa shape index (κ2) is 6.15. The number of hydrogen-bond acceptors (Lipinski definition) is 3. The van der Waals surface area contributed by atoms with E-state index in [1.807, 2.05) is 6.92 Å². The van der Waals surface area contributed by atoms with Crippen LogP contribution in [0.4, 0.5) is 5.69 Å². The van der Waals surface area contributed by atoms with Gasteiger partial charge in [0.15, 0.2) is 0 Å². The van der Waals surface area contributed by atoms with Gasteiger partial charge in [0, 0.05) is 12.1 Å². The van der Waals surface area contributed by atoms with Crippen LogP contribution < -0.4 is 5.32 Å². The number of fused-ring (bicyclic) bond motifs is 3. The number of nitrogens with one attached hydrogen (secondary N) is 1. The van der Waals surface area contributed by atoms with Crippen molar-refractivity contribution < 1.29 is 14.3 Å². The average molecular weight is 343 g/mol. The van der Waals surface area contributed by atoms with Gasteiger partial charge in [0.05, 0.1) is 12.5 Å². The summed E-state index contributed by atoms with van der Waals surface area (Å²) in [5.41, 5.74) is 2.44. The maximum absolute atomic E-state index is 12.7. The minimum absolute atomic E-state index is 0.00657. The van der Waals surface area contributed by atoms with E-state index in [2.05, 4.69) is 44.3 Å². The molecule has 1 aliphatic heterocycles. The summed E-state index contributed by atoms with van der Waals surface area (Å²) in [5.74, 6) is 0.138. The van der Waals surface area contributed by atoms with Crippen LogP contribution in [0.1, 0.15) is 70.4 Å². The summed E-state index contributed by atoms with van der Waals surface area (Å²) in [6.45, 7) is 8.49. The zero-order chi connectivity index (χ0) is 18.4. The molecule has 4 nitrogen and oxygen atoms in total. The van der Waals surface area contributed by atoms with E-state index in [0.717, 1.165) is 30.5 Å². The fourth-order valence-corrected chi connectivity index (χ4v) is 5.03. The van der Waals surface area contributed by atoms with Crippen LogP contribution >= 0.6 is 0 Å². The van der Waals surface area contributed by atoms with E-state index < -0.39 is 5.41 Å². The Morgan fingerprint density at radius 1 is 1.28 bits per heavy atom. The molecule has 4 heteroatoms. The number of rotatable bonds is 2. The van der Waals surface area contributed by atoms with Gasteiger partial charge in [-0.15, -0.1) is 0 Å². The molecular weight excluding hydrogens is 314 g/mol. The summed E-state index contributed by atoms with van der Waals surface area (Å²) >= 11 is 0. The number of hydrogen-bond donors (Lipinski definition) is 1. The van der Waals surface area contributed by atoms with Gasteiger partial charge in [-0.05, 0) is 54.2 Å². The van der Waals surface area contributed by atoms with Crippen LogP contribution in [0.15, 0.2) is 18.2 Å². The van der Waals surface area contributed by atoms with Crippen LogP contribution in [0.2, 0.25) is 0 Å². The van der Waals surface area contributed by atoms with E-state index in [4.69, 9.17) is 4.74 Å². The van der Waals surface area contributed by atoms with Crippen molar-refractivity contribution in [2.75, 3.05) is 12.4 Å². The molecule has 0 saturated heterocycles. The SMILES string of the molecule is COC(=O)[C@]1(C)CCC[C@]2(C)c3ccc(C(C)C)cc3NC(=O)C[C@@H]12. The normalized spacial score (nSPS) is 31.6. The van der Waals surface area contributed by atoms with Gasteiger partial charge >= 0.3 is 5.97 Å². The molecule has 2 aliphatic rings. The molecule has 0 radical (unpaired) electrons. The summed E-state index contributed by atoms with van der Waals surface area (Å²) in [5, 5.41) is 3.10. The lowest BCUT2D eigenvalue weighted by Crippen LogP contribution is -2.50. The lowest BCUT2D eigenvalue weighted by Gasteiger charge is -2.50. The molecule has 1 N–H and O–H groups in total. The molecule has 3 rings (SSSR count). The Morgan fingerprint density at radius 2 is 2.00 bits per heavy atom. The Labute approximate surface area is 150 Å². The molecule has 1 saturated carbocycles. The van der Waals surface area contributed by atoms with Crippen molar-refractivity contribution >= 4 is 17.6 Å². The number of ether oxygens (including phenoxy) is 1. The third-order valence-corrected chi connectivity index (χ3v) is 6.57. The van der Waals surface area contributed by atoms with E-state index in [0.29, 0.717) is 12.3 Å². The minimum atomic E-state index is -0.628. The molecule has 1 amide bonds. The zero-order valence-electron chi connectivity index (χ0n) is 15.9. The fraction of sp³-hybridized carbons (Fsp3) is 0.619. The van der Waals surface area contributed by atoms with Gasteiger partial charge in [-0.25, -0.2) is 0 Å². The first-order chi connectivity index (χ1) is 11.7. The molecule has 0 unspecified atom stereocenters. The van der Waals surface area contributed by atoms with Crippen LogP contribution in [-0.2, 0) is 19.7 Å². The smallest absolute Gasteiger partial charge is 0.311 e. The van der Waals surface area contributed by atoms with Crippen LogP contribution in [0, 0.1) is 11.3 Å². The molecule has 1 aliphatic carbocycles. The zero-order valence-corrected chi connectivity index (χ0v) is 15.9. The molecule has 1 aromatic rings. The van der Waals surface area contributed by atoms with E-state index in [1.54, 1.807) is 0 Å². The van der Waals surface area contributed by atoms with E-state index in [-0.39, 0.29) is 23.2 Å². The summed E-state index contributed by atoms with van der Waals surface area (Å²) < 4.78 is 5.13. The number of methoxy groups -OCH3 is 1. The second-order valence-corrected chi connectivity index (χ2v) is 8.44. The van der Waals surface area contributed by atoms with Crippen molar-refractivity contribution in [1.82, 2.24) is 0 Å². The van der Waals surface area contributed by atoms with Crippen LogP contribution in [-0.4, -0.2) is 19.0 Å². The quantitative estimate of drug-likeness (QED) is 0.810. The van der Waals surface area contributed by atoms with E-state index in [9.17, 15) is 9.59 Å². The van der Waals surface area contributed by atoms with E-state index >= 15 is 0 Å². The number of benzene rings is 1. The summed E-state index contributed by atoms with van der Waals surface area (Å²) in [6.07, 6.45) is 3.06. The highest BCUT2D eigenvalue weighted by Gasteiger charge is 2.56. The largest absolute Gasteiger partial charge is 0.469 e. The Balaban J connectivity index is 2.16. The Morgan fingerprint density at radius 3 is 2.64 bits per heavy atom. The standard InChI is InChI=1S/C21H29NO3/c1-13(2)14-7-8-15-16(11-14)22-18(23)12-17-20(15,3)9-6-10-21(17,4)19(24)25-5/h7-8,11,13,17H,6,9-10,12H2,1-5H3,(H,22,23)/t17-,20-,21-/m1/s1. The number of esters is 1. The minimum Gasteiger partial charge on any atom is -0.469 e. The third kappa shape index (κ3) is 2.76. The predicted octanol–water partition coefficient (Wildman–Crippen LogP) is 4.39. The highest BCUT2D eigenvalue weighted by atomic mass is 16.5. The van der Waals surface area contributed by atoms with Crippen LogP contribution in [0.25, 0.3) is 0 Å². The molecule has 0 bridgehead atoms. The van der Waals surface area contributed by atoms with Crippen molar-refractivity contribution in [2.45, 2.75) is 64.7 Å². The maximum Gasteiger partial charge on any atom is 0.311 e. The van der Waals surface area contributed by atoms with Crippen LogP contribution in [0.3, 0.4) is 0 Å². The van der Waals surface area contributed by atoms with Crippen LogP contribution in [0.5, 0.6) is 0 Å². The van der Waals surface area contributed by atoms with Crippen molar-refractivity contribution in [3.8, 4) is 0 Å². The Kier molecular flexibility index (Phi) is 4.42. The second-order valence-electron chi connectivity index (χ2n) is 8.44. The molecular formula is C21H29NO3. The van der Waals surface area contributed by atoms with Crippen molar-refractivity contribution in [1.29, 1.82) is 0 Å². The van der Waals surface area contributed by atoms with Gasteiger partial charge in [0.2, 0.25) is 5.91 Å². The first-order valence-corrected chi connectivity index (χ1v) is 9.25. The maximum atomic E-state index is 12.7. The first kappa shape index (κ1) is 18.0. The van der Waals surface area contributed by atoms with Gasteiger partial charge in [-0.1, -0.05) is 39.3 Å². The average Bonchev–Trinajstić information content (AvgIpc) is 2.68. The third-order valence-electron chi connectivity index (χ3n) is 6.57. The van der Waals surface area contributed by atoms with Crippen molar-refractivity contribution in [3.05, 3.63) is 29.3 Å². The molecule has 136 valence electrons. The first-order valence-electron chi connectivity index (χ1n) is 9.25. The number of carbonyl (C=O) groups is 2. The Bertz CT molecular complexity index is 711. The molecule has 3 atom stereocenters. The molecule has 0 aromatic heterocycles. The lowest BCUT2D eigenvalue weighted by molar-refractivity contribution is -0.161. The highest BCUT2D eigenvalue weighted by molar-refractivity contribution is 5.94. The van der Waals surface area contributed by atoms with Gasteiger partial charge < -0.3 is 10.1 Å². The number of anilines is 1. The monoisotopic (exact) mass is 343 g/mol. The van der Waals surface area contributed by atoms with Gasteiger partial charge in [0.25, 0.3) is 0 Å². The summed E-state index contributed by atoms with van der Waals surface area (Å²) in [6, 6.07) is 6.43. The summed E-state index contributed by atoms with van der Waals surface area (Å²) in [7, 11) is 1.44. The topological polar surface area (TPSA) is 55.4 Å². The highest BCUT2D eigenvalue weighted by Crippen LogP contribution is 2.57. The molecule has 25 heavy (non-hydrogen) atoms. The van der Waals surface area contributed by atoms with Gasteiger partial charge in [-0.2, -0.15) is 0 Å². The molecule has 0 spiro atoms.